The first kappa shape index (κ1) is 14.9. The fourth-order valence-electron chi connectivity index (χ4n) is 1.26. The summed E-state index contributed by atoms with van der Waals surface area (Å²) in [6, 6.07) is 2.24. The van der Waals surface area contributed by atoms with Crippen molar-refractivity contribution >= 4 is 5.97 Å². The lowest BCUT2D eigenvalue weighted by Gasteiger charge is -2.32. The fourth-order valence-corrected chi connectivity index (χ4v) is 1.26. The highest BCUT2D eigenvalue weighted by molar-refractivity contribution is 5.77. The average Bonchev–Trinajstić information content (AvgIpc) is 2.17. The molecule has 4 heteroatoms. The van der Waals surface area contributed by atoms with Gasteiger partial charge in [0.15, 0.2) is 0 Å². The van der Waals surface area contributed by atoms with Gasteiger partial charge in [-0.1, -0.05) is 0 Å². The summed E-state index contributed by atoms with van der Waals surface area (Å²) in [4.78, 5) is 12.8. The molecule has 0 radical (unpaired) electrons. The van der Waals surface area contributed by atoms with Gasteiger partial charge in [0, 0.05) is 0 Å². The van der Waals surface area contributed by atoms with Gasteiger partial charge in [-0.25, -0.2) is 0 Å². The number of rotatable bonds is 6. The number of carboxylic acid groups (broad SMARTS) is 1. The topological polar surface area (TPSA) is 64.3 Å². The van der Waals surface area contributed by atoms with Crippen LogP contribution >= 0.6 is 0 Å². The molecule has 0 aromatic rings. The average molecular weight is 226 g/mol. The van der Waals surface area contributed by atoms with Crippen LogP contribution < -0.4 is 0 Å². The standard InChI is InChI=1S/C12H22N2O2/c1-11(2,9-13)7-6-8-14(5)12(3,4)10(15)16/h6-8H2,1-5H3,(H,15,16). The predicted molar refractivity (Wildman–Crippen MR) is 63.0 cm³/mol. The summed E-state index contributed by atoms with van der Waals surface area (Å²) in [6.45, 7) is 7.85. The lowest BCUT2D eigenvalue weighted by atomic mass is 9.89. The predicted octanol–water partition coefficient (Wildman–Crippen LogP) is 2.11. The second-order valence-corrected chi connectivity index (χ2v) is 5.38. The Morgan fingerprint density at radius 3 is 2.25 bits per heavy atom. The van der Waals surface area contributed by atoms with E-state index in [4.69, 9.17) is 10.4 Å². The summed E-state index contributed by atoms with van der Waals surface area (Å²) in [5, 5.41) is 17.9. The van der Waals surface area contributed by atoms with Crippen molar-refractivity contribution in [2.75, 3.05) is 13.6 Å². The summed E-state index contributed by atoms with van der Waals surface area (Å²) in [6.07, 6.45) is 1.61. The summed E-state index contributed by atoms with van der Waals surface area (Å²) >= 11 is 0. The lowest BCUT2D eigenvalue weighted by Crippen LogP contribution is -2.48. The van der Waals surface area contributed by atoms with E-state index in [9.17, 15) is 4.79 Å². The third-order valence-electron chi connectivity index (χ3n) is 3.08. The van der Waals surface area contributed by atoms with E-state index in [1.54, 1.807) is 20.9 Å². The number of hydrogen-bond acceptors (Lipinski definition) is 3. The van der Waals surface area contributed by atoms with E-state index in [2.05, 4.69) is 6.07 Å². The Kier molecular flexibility index (Phi) is 4.95. The molecule has 0 saturated carbocycles. The molecule has 0 saturated heterocycles. The van der Waals surface area contributed by atoms with Crippen molar-refractivity contribution in [3.05, 3.63) is 0 Å². The van der Waals surface area contributed by atoms with Gasteiger partial charge in [-0.05, 0) is 54.1 Å². The van der Waals surface area contributed by atoms with E-state index < -0.39 is 11.5 Å². The highest BCUT2D eigenvalue weighted by atomic mass is 16.4. The number of carbonyl (C=O) groups is 1. The first-order valence-electron chi connectivity index (χ1n) is 5.49. The molecule has 0 aliphatic heterocycles. The molecule has 0 spiro atoms. The van der Waals surface area contributed by atoms with Crippen LogP contribution in [-0.2, 0) is 4.79 Å². The SMILES string of the molecule is CN(CCCC(C)(C)C#N)C(C)(C)C(=O)O. The van der Waals surface area contributed by atoms with E-state index in [1.165, 1.54) is 0 Å². The van der Waals surface area contributed by atoms with E-state index >= 15 is 0 Å². The molecule has 0 aliphatic carbocycles. The molecule has 0 amide bonds. The maximum Gasteiger partial charge on any atom is 0.323 e. The molecule has 0 unspecified atom stereocenters. The molecular weight excluding hydrogens is 204 g/mol. The quantitative estimate of drug-likeness (QED) is 0.753. The number of hydrogen-bond donors (Lipinski definition) is 1. The molecule has 0 atom stereocenters. The Balaban J connectivity index is 4.15. The Morgan fingerprint density at radius 2 is 1.88 bits per heavy atom. The van der Waals surface area contributed by atoms with E-state index in [0.29, 0.717) is 6.54 Å². The van der Waals surface area contributed by atoms with Gasteiger partial charge >= 0.3 is 5.97 Å². The summed E-state index contributed by atoms with van der Waals surface area (Å²) in [5.74, 6) is -0.824. The van der Waals surface area contributed by atoms with E-state index in [1.807, 2.05) is 18.7 Å². The number of nitrogens with zero attached hydrogens (tertiary/aromatic N) is 2. The molecular formula is C12H22N2O2. The monoisotopic (exact) mass is 226 g/mol. The van der Waals surface area contributed by atoms with Gasteiger partial charge in [0.2, 0.25) is 0 Å². The van der Waals surface area contributed by atoms with Crippen molar-refractivity contribution < 1.29 is 9.90 Å². The van der Waals surface area contributed by atoms with Crippen molar-refractivity contribution in [3.8, 4) is 6.07 Å². The minimum atomic E-state index is -0.850. The molecule has 4 nitrogen and oxygen atoms in total. The van der Waals surface area contributed by atoms with Gasteiger partial charge in [0.25, 0.3) is 0 Å². The van der Waals surface area contributed by atoms with Crippen molar-refractivity contribution in [1.29, 1.82) is 5.26 Å². The van der Waals surface area contributed by atoms with Crippen molar-refractivity contribution in [2.24, 2.45) is 5.41 Å². The molecule has 16 heavy (non-hydrogen) atoms. The Hall–Kier alpha value is -1.08. The lowest BCUT2D eigenvalue weighted by molar-refractivity contribution is -0.148. The highest BCUT2D eigenvalue weighted by Gasteiger charge is 2.31. The molecule has 0 heterocycles. The molecule has 0 fully saturated rings. The third kappa shape index (κ3) is 4.19. The van der Waals surface area contributed by atoms with Crippen LogP contribution in [0.2, 0.25) is 0 Å². The van der Waals surface area contributed by atoms with Gasteiger partial charge in [0.05, 0.1) is 11.5 Å². The molecule has 0 aliphatic rings. The molecule has 1 N–H and O–H groups in total. The number of aliphatic carboxylic acids is 1. The minimum Gasteiger partial charge on any atom is -0.480 e. The van der Waals surface area contributed by atoms with Crippen molar-refractivity contribution in [1.82, 2.24) is 4.90 Å². The maximum atomic E-state index is 11.0. The Labute approximate surface area is 97.9 Å². The number of likely N-dealkylation sites (N-methyl/N-ethyl adjacent to an activating group) is 1. The molecule has 0 bridgehead atoms. The zero-order chi connectivity index (χ0) is 13.0. The van der Waals surface area contributed by atoms with Gasteiger partial charge in [-0.3, -0.25) is 9.69 Å². The highest BCUT2D eigenvalue weighted by Crippen LogP contribution is 2.22. The first-order valence-corrected chi connectivity index (χ1v) is 5.49. The maximum absolute atomic E-state index is 11.0. The van der Waals surface area contributed by atoms with Crippen LogP contribution in [0.4, 0.5) is 0 Å². The second kappa shape index (κ2) is 5.31. The zero-order valence-electron chi connectivity index (χ0n) is 10.9. The van der Waals surface area contributed by atoms with Crippen LogP contribution in [-0.4, -0.2) is 35.1 Å². The summed E-state index contributed by atoms with van der Waals surface area (Å²) in [7, 11) is 1.80. The van der Waals surface area contributed by atoms with Crippen LogP contribution in [0.5, 0.6) is 0 Å². The largest absolute Gasteiger partial charge is 0.480 e. The smallest absolute Gasteiger partial charge is 0.323 e. The number of nitriles is 1. The van der Waals surface area contributed by atoms with Crippen LogP contribution in [0.3, 0.4) is 0 Å². The van der Waals surface area contributed by atoms with Crippen LogP contribution in [0.15, 0.2) is 0 Å². The van der Waals surface area contributed by atoms with Crippen LogP contribution in [0.25, 0.3) is 0 Å². The van der Waals surface area contributed by atoms with Gasteiger partial charge in [0.1, 0.15) is 5.54 Å². The van der Waals surface area contributed by atoms with Crippen LogP contribution in [0, 0.1) is 16.7 Å². The Morgan fingerprint density at radius 1 is 1.38 bits per heavy atom. The molecule has 0 aromatic carbocycles. The van der Waals surface area contributed by atoms with Gasteiger partial charge in [-0.2, -0.15) is 5.26 Å². The zero-order valence-corrected chi connectivity index (χ0v) is 10.9. The van der Waals surface area contributed by atoms with E-state index in [-0.39, 0.29) is 5.41 Å². The normalized spacial score (nSPS) is 12.6. The third-order valence-corrected chi connectivity index (χ3v) is 3.08. The first-order chi connectivity index (χ1) is 7.13. The second-order valence-electron chi connectivity index (χ2n) is 5.38. The minimum absolute atomic E-state index is 0.325. The Bertz CT molecular complexity index is 290. The summed E-state index contributed by atoms with van der Waals surface area (Å²) < 4.78 is 0. The summed E-state index contributed by atoms with van der Waals surface area (Å²) in [5.41, 5.74) is -1.18. The van der Waals surface area contributed by atoms with Crippen molar-refractivity contribution in [2.45, 2.75) is 46.1 Å². The van der Waals surface area contributed by atoms with E-state index in [0.717, 1.165) is 12.8 Å². The van der Waals surface area contributed by atoms with Crippen molar-refractivity contribution in [3.63, 3.8) is 0 Å². The molecule has 92 valence electrons. The van der Waals surface area contributed by atoms with Gasteiger partial charge < -0.3 is 5.11 Å². The van der Waals surface area contributed by atoms with Gasteiger partial charge in [-0.15, -0.1) is 0 Å². The molecule has 0 rings (SSSR count). The van der Waals surface area contributed by atoms with Crippen LogP contribution in [0.1, 0.15) is 40.5 Å². The number of carboxylic acids is 1. The molecule has 0 aromatic heterocycles. The fraction of sp³-hybridized carbons (Fsp3) is 0.833.